The van der Waals surface area contributed by atoms with Crippen LogP contribution in [0.4, 0.5) is 0 Å². The van der Waals surface area contributed by atoms with Gasteiger partial charge in [-0.3, -0.25) is 4.79 Å². The average molecular weight is 397 g/mol. The van der Waals surface area contributed by atoms with Gasteiger partial charge in [-0.25, -0.2) is 17.9 Å². The summed E-state index contributed by atoms with van der Waals surface area (Å²) in [5.41, 5.74) is 0.209. The van der Waals surface area contributed by atoms with Crippen molar-refractivity contribution in [1.82, 2.24) is 9.62 Å². The molecule has 1 atom stereocenters. The molecule has 1 saturated heterocycles. The van der Waals surface area contributed by atoms with Gasteiger partial charge in [-0.2, -0.15) is 0 Å². The van der Waals surface area contributed by atoms with E-state index in [1.54, 1.807) is 11.8 Å². The second-order valence-corrected chi connectivity index (χ2v) is 8.54. The van der Waals surface area contributed by atoms with Gasteiger partial charge in [0.25, 0.3) is 5.91 Å². The van der Waals surface area contributed by atoms with Crippen LogP contribution in [0.3, 0.4) is 0 Å². The maximum absolute atomic E-state index is 12.2. The van der Waals surface area contributed by atoms with E-state index in [1.165, 1.54) is 24.3 Å². The molecular formula is C19H28N2O5S. The average Bonchev–Trinajstić information content (AvgIpc) is 2.95. The lowest BCUT2D eigenvalue weighted by molar-refractivity contribution is -0.134. The molecule has 1 fully saturated rings. The number of nitrogens with one attached hydrogen (secondary N) is 1. The molecule has 1 aromatic rings. The molecule has 0 aliphatic carbocycles. The molecule has 150 valence electrons. The number of benzene rings is 1. The van der Waals surface area contributed by atoms with Gasteiger partial charge in [-0.05, 0) is 50.5 Å². The third-order valence-corrected chi connectivity index (χ3v) is 6.26. The van der Waals surface area contributed by atoms with E-state index in [1.807, 2.05) is 6.92 Å². The second-order valence-electron chi connectivity index (χ2n) is 6.83. The Morgan fingerprint density at radius 1 is 1.11 bits per heavy atom. The van der Waals surface area contributed by atoms with E-state index < -0.39 is 16.0 Å². The number of carbonyl (C=O) groups is 2. The Morgan fingerprint density at radius 3 is 2.26 bits per heavy atom. The fourth-order valence-electron chi connectivity index (χ4n) is 2.81. The van der Waals surface area contributed by atoms with Crippen LogP contribution < -0.4 is 4.72 Å². The van der Waals surface area contributed by atoms with Crippen LogP contribution in [0.25, 0.3) is 0 Å². The van der Waals surface area contributed by atoms with Crippen molar-refractivity contribution in [1.29, 1.82) is 0 Å². The van der Waals surface area contributed by atoms with E-state index in [9.17, 15) is 18.0 Å². The van der Waals surface area contributed by atoms with Crippen LogP contribution in [0.15, 0.2) is 29.2 Å². The molecule has 0 spiro atoms. The van der Waals surface area contributed by atoms with Crippen LogP contribution >= 0.6 is 0 Å². The molecule has 0 aromatic heterocycles. The third-order valence-electron chi connectivity index (χ3n) is 4.65. The molecule has 27 heavy (non-hydrogen) atoms. The van der Waals surface area contributed by atoms with Gasteiger partial charge in [0.15, 0.2) is 6.61 Å². The van der Waals surface area contributed by atoms with Gasteiger partial charge in [0.05, 0.1) is 10.5 Å². The highest BCUT2D eigenvalue weighted by molar-refractivity contribution is 7.89. The van der Waals surface area contributed by atoms with Crippen LogP contribution in [0.1, 0.15) is 56.3 Å². The quantitative estimate of drug-likeness (QED) is 0.714. The van der Waals surface area contributed by atoms with Crippen molar-refractivity contribution >= 4 is 21.9 Å². The first-order valence-electron chi connectivity index (χ1n) is 9.40. The zero-order valence-electron chi connectivity index (χ0n) is 15.9. The Bertz CT molecular complexity index is 738. The molecule has 0 bridgehead atoms. The van der Waals surface area contributed by atoms with Gasteiger partial charge in [0.1, 0.15) is 0 Å². The molecule has 1 aromatic carbocycles. The zero-order chi connectivity index (χ0) is 19.9. The lowest BCUT2D eigenvalue weighted by Gasteiger charge is -2.19. The number of hydrogen-bond donors (Lipinski definition) is 1. The summed E-state index contributed by atoms with van der Waals surface area (Å²) in [6, 6.07) is 5.33. The maximum Gasteiger partial charge on any atom is 0.338 e. The van der Waals surface area contributed by atoms with Crippen LogP contribution in [-0.2, 0) is 19.6 Å². The van der Waals surface area contributed by atoms with Crippen molar-refractivity contribution < 1.29 is 22.7 Å². The Balaban J connectivity index is 1.92. The largest absolute Gasteiger partial charge is 0.452 e. The van der Waals surface area contributed by atoms with Crippen molar-refractivity contribution in [3.63, 3.8) is 0 Å². The zero-order valence-corrected chi connectivity index (χ0v) is 16.8. The molecular weight excluding hydrogens is 368 g/mol. The Hall–Kier alpha value is -1.93. The highest BCUT2D eigenvalue weighted by Gasteiger charge is 2.19. The van der Waals surface area contributed by atoms with Gasteiger partial charge in [-0.15, -0.1) is 0 Å². The first-order chi connectivity index (χ1) is 12.8. The highest BCUT2D eigenvalue weighted by Crippen LogP contribution is 2.13. The number of ether oxygens (including phenoxy) is 1. The van der Waals surface area contributed by atoms with E-state index in [2.05, 4.69) is 4.72 Å². The molecule has 0 saturated carbocycles. The molecule has 0 radical (unpaired) electrons. The van der Waals surface area contributed by atoms with Crippen molar-refractivity contribution in [2.24, 2.45) is 0 Å². The summed E-state index contributed by atoms with van der Waals surface area (Å²) in [5.74, 6) is -0.834. The predicted octanol–water partition coefficient (Wildman–Crippen LogP) is 2.32. The SMILES string of the molecule is CC[C@H](C)NS(=O)(=O)c1ccc(C(=O)OCC(=O)N2CCCCCC2)cc1. The fraction of sp³-hybridized carbons (Fsp3) is 0.579. The van der Waals surface area contributed by atoms with Crippen molar-refractivity contribution in [3.8, 4) is 0 Å². The fourth-order valence-corrected chi connectivity index (χ4v) is 4.14. The minimum absolute atomic E-state index is 0.0833. The molecule has 1 amide bonds. The van der Waals surface area contributed by atoms with Crippen molar-refractivity contribution in [2.75, 3.05) is 19.7 Å². The number of carbonyl (C=O) groups excluding carboxylic acids is 2. The number of amides is 1. The lowest BCUT2D eigenvalue weighted by atomic mass is 10.2. The van der Waals surface area contributed by atoms with Crippen LogP contribution in [0, 0.1) is 0 Å². The standard InChI is InChI=1S/C19H28N2O5S/c1-3-15(2)20-27(24,25)17-10-8-16(9-11-17)19(23)26-14-18(22)21-12-6-4-5-7-13-21/h8-11,15,20H,3-7,12-14H2,1-2H3/t15-/m0/s1. The molecule has 1 aliphatic rings. The van der Waals surface area contributed by atoms with E-state index in [0.717, 1.165) is 25.7 Å². The van der Waals surface area contributed by atoms with E-state index >= 15 is 0 Å². The van der Waals surface area contributed by atoms with E-state index in [4.69, 9.17) is 4.74 Å². The molecule has 0 unspecified atom stereocenters. The minimum Gasteiger partial charge on any atom is -0.452 e. The predicted molar refractivity (Wildman–Crippen MR) is 102 cm³/mol. The van der Waals surface area contributed by atoms with E-state index in [0.29, 0.717) is 19.5 Å². The number of nitrogens with zero attached hydrogens (tertiary/aromatic N) is 1. The Kier molecular flexibility index (Phi) is 7.79. The van der Waals surface area contributed by atoms with Gasteiger partial charge < -0.3 is 9.64 Å². The number of likely N-dealkylation sites (tertiary alicyclic amines) is 1. The molecule has 1 heterocycles. The smallest absolute Gasteiger partial charge is 0.338 e. The van der Waals surface area contributed by atoms with Gasteiger partial charge >= 0.3 is 5.97 Å². The molecule has 2 rings (SSSR count). The molecule has 1 aliphatic heterocycles. The van der Waals surface area contributed by atoms with Gasteiger partial charge in [0.2, 0.25) is 10.0 Å². The summed E-state index contributed by atoms with van der Waals surface area (Å²) >= 11 is 0. The minimum atomic E-state index is -3.62. The number of sulfonamides is 1. The number of rotatable bonds is 7. The summed E-state index contributed by atoms with van der Waals surface area (Å²) in [6.07, 6.45) is 4.85. The first-order valence-corrected chi connectivity index (χ1v) is 10.9. The van der Waals surface area contributed by atoms with E-state index in [-0.39, 0.29) is 29.0 Å². The normalized spacial score (nSPS) is 16.4. The Labute approximate surface area is 161 Å². The van der Waals surface area contributed by atoms with Crippen molar-refractivity contribution in [3.05, 3.63) is 29.8 Å². The summed E-state index contributed by atoms with van der Waals surface area (Å²) in [7, 11) is -3.62. The second kappa shape index (κ2) is 9.85. The summed E-state index contributed by atoms with van der Waals surface area (Å²) in [6.45, 7) is 4.77. The number of hydrogen-bond acceptors (Lipinski definition) is 5. The summed E-state index contributed by atoms with van der Waals surface area (Å²) < 4.78 is 32.1. The highest BCUT2D eigenvalue weighted by atomic mass is 32.2. The number of esters is 1. The molecule has 8 heteroatoms. The third kappa shape index (κ3) is 6.32. The van der Waals surface area contributed by atoms with Crippen LogP contribution in [0.5, 0.6) is 0 Å². The van der Waals surface area contributed by atoms with Gasteiger partial charge in [-0.1, -0.05) is 19.8 Å². The lowest BCUT2D eigenvalue weighted by Crippen LogP contribution is -2.35. The maximum atomic E-state index is 12.2. The summed E-state index contributed by atoms with van der Waals surface area (Å²) in [4.78, 5) is 26.1. The Morgan fingerprint density at radius 2 is 1.70 bits per heavy atom. The monoisotopic (exact) mass is 396 g/mol. The first kappa shape index (κ1) is 21.4. The van der Waals surface area contributed by atoms with Gasteiger partial charge in [0, 0.05) is 19.1 Å². The van der Waals surface area contributed by atoms with Crippen LogP contribution in [0.2, 0.25) is 0 Å². The topological polar surface area (TPSA) is 92.8 Å². The van der Waals surface area contributed by atoms with Crippen molar-refractivity contribution in [2.45, 2.75) is 56.9 Å². The molecule has 7 nitrogen and oxygen atoms in total. The summed E-state index contributed by atoms with van der Waals surface area (Å²) in [5, 5.41) is 0. The molecule has 1 N–H and O–H groups in total. The van der Waals surface area contributed by atoms with Crippen LogP contribution in [-0.4, -0.2) is 50.9 Å².